The number of aryl methyl sites for hydroxylation is 2. The third kappa shape index (κ3) is 5.78. The molecule has 34 heavy (non-hydrogen) atoms. The molecule has 2 heterocycles. The molecule has 1 amide bonds. The number of ether oxygens (including phenoxy) is 2. The van der Waals surface area contributed by atoms with E-state index in [9.17, 15) is 4.79 Å². The maximum absolute atomic E-state index is 12.6. The van der Waals surface area contributed by atoms with Crippen molar-refractivity contribution in [3.63, 3.8) is 0 Å². The van der Waals surface area contributed by atoms with E-state index >= 15 is 0 Å². The molecule has 0 saturated carbocycles. The van der Waals surface area contributed by atoms with Crippen LogP contribution in [0.25, 0.3) is 5.82 Å². The van der Waals surface area contributed by atoms with Gasteiger partial charge in [-0.15, -0.1) is 0 Å². The smallest absolute Gasteiger partial charge is 0.255 e. The Morgan fingerprint density at radius 2 is 1.71 bits per heavy atom. The average Bonchev–Trinajstić information content (AvgIpc) is 3.19. The van der Waals surface area contributed by atoms with Crippen LogP contribution in [-0.2, 0) is 0 Å². The number of nitrogens with one attached hydrogen (secondary N) is 1. The van der Waals surface area contributed by atoms with Crippen molar-refractivity contribution < 1.29 is 14.3 Å². The quantitative estimate of drug-likeness (QED) is 0.334. The van der Waals surface area contributed by atoms with Crippen molar-refractivity contribution in [2.75, 3.05) is 11.9 Å². The van der Waals surface area contributed by atoms with Gasteiger partial charge in [0.15, 0.2) is 5.82 Å². The van der Waals surface area contributed by atoms with E-state index < -0.39 is 0 Å². The molecule has 8 nitrogen and oxygen atoms in total. The Labute approximate surface area is 198 Å². The third-order valence-electron chi connectivity index (χ3n) is 5.07. The molecule has 0 aliphatic rings. The van der Waals surface area contributed by atoms with Crippen LogP contribution < -0.4 is 14.8 Å². The Balaban J connectivity index is 1.37. The Kier molecular flexibility index (Phi) is 7.17. The molecule has 0 atom stereocenters. The van der Waals surface area contributed by atoms with Crippen LogP contribution in [0.1, 0.15) is 41.5 Å². The van der Waals surface area contributed by atoms with Crippen LogP contribution in [0.5, 0.6) is 17.4 Å². The van der Waals surface area contributed by atoms with Crippen molar-refractivity contribution in [3.8, 4) is 23.2 Å². The fourth-order valence-corrected chi connectivity index (χ4v) is 3.33. The maximum Gasteiger partial charge on any atom is 0.255 e. The summed E-state index contributed by atoms with van der Waals surface area (Å²) in [5, 5.41) is 7.33. The monoisotopic (exact) mass is 457 g/mol. The largest absolute Gasteiger partial charge is 0.494 e. The van der Waals surface area contributed by atoms with Crippen LogP contribution in [-0.4, -0.2) is 32.3 Å². The molecule has 0 unspecified atom stereocenters. The van der Waals surface area contributed by atoms with E-state index in [0.717, 1.165) is 30.0 Å². The van der Waals surface area contributed by atoms with Crippen LogP contribution >= 0.6 is 0 Å². The van der Waals surface area contributed by atoms with Gasteiger partial charge in [0, 0.05) is 23.0 Å². The maximum atomic E-state index is 12.6. The number of carbonyl (C=O) groups excluding carboxylic acids is 1. The number of rotatable bonds is 9. The second-order valence-electron chi connectivity index (χ2n) is 7.86. The van der Waals surface area contributed by atoms with E-state index in [2.05, 4.69) is 27.3 Å². The van der Waals surface area contributed by atoms with Crippen molar-refractivity contribution >= 4 is 11.6 Å². The van der Waals surface area contributed by atoms with Crippen molar-refractivity contribution in [2.24, 2.45) is 0 Å². The summed E-state index contributed by atoms with van der Waals surface area (Å²) >= 11 is 0. The molecule has 0 bridgehead atoms. The van der Waals surface area contributed by atoms with Crippen molar-refractivity contribution in [1.82, 2.24) is 19.7 Å². The highest BCUT2D eigenvalue weighted by Crippen LogP contribution is 2.23. The molecule has 0 aliphatic heterocycles. The molecule has 2 aromatic heterocycles. The minimum atomic E-state index is -0.195. The molecule has 174 valence electrons. The highest BCUT2D eigenvalue weighted by Gasteiger charge is 2.09. The van der Waals surface area contributed by atoms with Gasteiger partial charge < -0.3 is 14.8 Å². The topological polar surface area (TPSA) is 91.2 Å². The van der Waals surface area contributed by atoms with Gasteiger partial charge in [-0.1, -0.05) is 13.3 Å². The van der Waals surface area contributed by atoms with Crippen molar-refractivity contribution in [1.29, 1.82) is 0 Å². The molecule has 0 aliphatic carbocycles. The summed E-state index contributed by atoms with van der Waals surface area (Å²) in [5.74, 6) is 2.18. The lowest BCUT2D eigenvalue weighted by atomic mass is 10.2. The summed E-state index contributed by atoms with van der Waals surface area (Å²) in [5.41, 5.74) is 3.10. The van der Waals surface area contributed by atoms with Crippen LogP contribution in [0.2, 0.25) is 0 Å². The highest BCUT2D eigenvalue weighted by molar-refractivity contribution is 6.04. The Morgan fingerprint density at radius 3 is 2.38 bits per heavy atom. The third-order valence-corrected chi connectivity index (χ3v) is 5.07. The Hall–Kier alpha value is -4.20. The summed E-state index contributed by atoms with van der Waals surface area (Å²) in [6, 6.07) is 17.9. The summed E-state index contributed by atoms with van der Waals surface area (Å²) in [6.45, 7) is 6.69. The molecule has 0 spiro atoms. The number of nitrogens with zero attached hydrogens (tertiary/aromatic N) is 4. The van der Waals surface area contributed by atoms with Crippen molar-refractivity contribution in [2.45, 2.75) is 33.6 Å². The van der Waals surface area contributed by atoms with E-state index in [0.29, 0.717) is 35.3 Å². The number of aromatic nitrogens is 4. The zero-order valence-corrected chi connectivity index (χ0v) is 19.5. The molecule has 8 heteroatoms. The van der Waals surface area contributed by atoms with Crippen molar-refractivity contribution in [3.05, 3.63) is 83.9 Å². The molecule has 4 rings (SSSR count). The number of anilines is 1. The molecule has 1 N–H and O–H groups in total. The first-order valence-corrected chi connectivity index (χ1v) is 11.2. The van der Waals surface area contributed by atoms with Gasteiger partial charge in [-0.3, -0.25) is 4.79 Å². The summed E-state index contributed by atoms with van der Waals surface area (Å²) in [4.78, 5) is 21.0. The number of hydrogen-bond donors (Lipinski definition) is 1. The Morgan fingerprint density at radius 1 is 0.971 bits per heavy atom. The molecule has 2 aromatic carbocycles. The van der Waals surface area contributed by atoms with Crippen LogP contribution in [0.3, 0.4) is 0 Å². The lowest BCUT2D eigenvalue weighted by Crippen LogP contribution is -2.11. The standard InChI is InChI=1S/C26H27N5O3/c1-4-5-14-33-22-10-6-20(7-11-22)26(32)29-21-8-12-23(13-9-21)34-25-16-24(27-17-28-25)31-19(3)15-18(2)30-31/h6-13,15-17H,4-5,14H2,1-3H3,(H,29,32). The average molecular weight is 458 g/mol. The van der Waals surface area contributed by atoms with E-state index in [-0.39, 0.29) is 5.91 Å². The highest BCUT2D eigenvalue weighted by atomic mass is 16.5. The predicted molar refractivity (Wildman–Crippen MR) is 130 cm³/mol. The van der Waals surface area contributed by atoms with Gasteiger partial charge >= 0.3 is 0 Å². The minimum Gasteiger partial charge on any atom is -0.494 e. The van der Waals surface area contributed by atoms with E-state index in [1.807, 2.05) is 32.0 Å². The van der Waals surface area contributed by atoms with Crippen LogP contribution in [0, 0.1) is 13.8 Å². The lowest BCUT2D eigenvalue weighted by Gasteiger charge is -2.09. The first kappa shape index (κ1) is 23.0. The molecule has 0 fully saturated rings. The first-order valence-electron chi connectivity index (χ1n) is 11.2. The lowest BCUT2D eigenvalue weighted by molar-refractivity contribution is 0.102. The molecule has 4 aromatic rings. The molecule has 0 saturated heterocycles. The zero-order chi connectivity index (χ0) is 23.9. The van der Waals surface area contributed by atoms with E-state index in [4.69, 9.17) is 9.47 Å². The van der Waals surface area contributed by atoms with Gasteiger partial charge in [0.2, 0.25) is 5.88 Å². The van der Waals surface area contributed by atoms with Gasteiger partial charge in [0.05, 0.1) is 12.3 Å². The van der Waals surface area contributed by atoms with Crippen LogP contribution in [0.15, 0.2) is 67.0 Å². The fourth-order valence-electron chi connectivity index (χ4n) is 3.33. The van der Waals surface area contributed by atoms with Crippen LogP contribution in [0.4, 0.5) is 5.69 Å². The SMILES string of the molecule is CCCCOc1ccc(C(=O)Nc2ccc(Oc3cc(-n4nc(C)cc4C)ncn3)cc2)cc1. The number of unbranched alkanes of at least 4 members (excludes halogenated alkanes) is 1. The van der Waals surface area contributed by atoms with E-state index in [1.54, 1.807) is 47.1 Å². The van der Waals surface area contributed by atoms with Gasteiger partial charge in [-0.05, 0) is 74.9 Å². The summed E-state index contributed by atoms with van der Waals surface area (Å²) in [7, 11) is 0. The second-order valence-corrected chi connectivity index (χ2v) is 7.86. The summed E-state index contributed by atoms with van der Waals surface area (Å²) in [6.07, 6.45) is 3.52. The molecule has 0 radical (unpaired) electrons. The molecular weight excluding hydrogens is 430 g/mol. The summed E-state index contributed by atoms with van der Waals surface area (Å²) < 4.78 is 13.3. The Bertz CT molecular complexity index is 1250. The molecular formula is C26H27N5O3. The number of benzene rings is 2. The van der Waals surface area contributed by atoms with Gasteiger partial charge in [-0.2, -0.15) is 5.10 Å². The number of hydrogen-bond acceptors (Lipinski definition) is 6. The normalized spacial score (nSPS) is 10.7. The predicted octanol–water partition coefficient (Wildman–Crippen LogP) is 5.50. The van der Waals surface area contributed by atoms with Gasteiger partial charge in [0.1, 0.15) is 17.8 Å². The zero-order valence-electron chi connectivity index (χ0n) is 19.5. The number of amides is 1. The van der Waals surface area contributed by atoms with E-state index in [1.165, 1.54) is 6.33 Å². The number of carbonyl (C=O) groups is 1. The fraction of sp³-hybridized carbons (Fsp3) is 0.231. The first-order chi connectivity index (χ1) is 16.5. The minimum absolute atomic E-state index is 0.195. The van der Waals surface area contributed by atoms with Gasteiger partial charge in [-0.25, -0.2) is 14.6 Å². The van der Waals surface area contributed by atoms with Gasteiger partial charge in [0.25, 0.3) is 5.91 Å². The second kappa shape index (κ2) is 10.6.